The van der Waals surface area contributed by atoms with Gasteiger partial charge in [0.1, 0.15) is 18.0 Å². The lowest BCUT2D eigenvalue weighted by atomic mass is 9.42. The monoisotopic (exact) mass is 479 g/mol. The van der Waals surface area contributed by atoms with Crippen molar-refractivity contribution >= 4 is 0 Å². The van der Waals surface area contributed by atoms with E-state index in [4.69, 9.17) is 28.4 Å². The van der Waals surface area contributed by atoms with Gasteiger partial charge < -0.3 is 33.5 Å². The van der Waals surface area contributed by atoms with Crippen LogP contribution < -0.4 is 0 Å². The first kappa shape index (κ1) is 22.8. The smallest absolute Gasteiger partial charge is 0.148 e. The summed E-state index contributed by atoms with van der Waals surface area (Å²) in [6.45, 7) is 4.93. The first-order chi connectivity index (χ1) is 16.5. The number of nitrogens with zero attached hydrogens (tertiary/aromatic N) is 1. The van der Waals surface area contributed by atoms with Crippen molar-refractivity contribution in [1.29, 1.82) is 0 Å². The van der Waals surface area contributed by atoms with Gasteiger partial charge in [-0.2, -0.15) is 0 Å². The maximum Gasteiger partial charge on any atom is 0.148 e. The molecular weight excluding hydrogens is 438 g/mol. The number of piperidine rings is 1. The minimum absolute atomic E-state index is 0.0240. The zero-order chi connectivity index (χ0) is 23.7. The third-order valence-corrected chi connectivity index (χ3v) is 12.0. The molecule has 6 unspecified atom stereocenters. The summed E-state index contributed by atoms with van der Waals surface area (Å²) in [5.74, 6) is 0.813. The average molecular weight is 480 g/mol. The van der Waals surface area contributed by atoms with Gasteiger partial charge in [0, 0.05) is 70.0 Å². The standard InChI is InChI=1S/C26H41NO7/c1-6-27-11-23(12-29-2)8-7-17(31-4)25-15-9-14-16(30-3)10-24(18(15)19(14)32-5)26(22(25)27,34-13-33-24)21(28)20(23)25/h14-22,28H,6-13H2,1-5H3/t14-,15?,16+,17+,18?,19?,20?,21?,22?,23+,24-,25+,26+/m1/s1. The molecular formula is C26H41NO7. The van der Waals surface area contributed by atoms with Gasteiger partial charge in [-0.1, -0.05) is 6.92 Å². The Hall–Kier alpha value is -0.320. The second-order valence-electron chi connectivity index (χ2n) is 12.2. The van der Waals surface area contributed by atoms with Gasteiger partial charge in [-0.05, 0) is 31.7 Å². The van der Waals surface area contributed by atoms with Gasteiger partial charge in [-0.3, -0.25) is 4.90 Å². The van der Waals surface area contributed by atoms with Crippen LogP contribution in [0.5, 0.6) is 0 Å². The van der Waals surface area contributed by atoms with E-state index in [-0.39, 0.29) is 53.8 Å². The minimum atomic E-state index is -0.825. The Morgan fingerprint density at radius 3 is 2.59 bits per heavy atom. The van der Waals surface area contributed by atoms with Crippen molar-refractivity contribution in [3.8, 4) is 0 Å². The molecule has 7 aliphatic rings. The van der Waals surface area contributed by atoms with E-state index in [1.807, 2.05) is 21.3 Å². The summed E-state index contributed by atoms with van der Waals surface area (Å²) in [5.41, 5.74) is -1.83. The number of fused-ring (bicyclic) bond motifs is 1. The van der Waals surface area contributed by atoms with Crippen molar-refractivity contribution in [2.75, 3.05) is 54.9 Å². The van der Waals surface area contributed by atoms with Crippen LogP contribution in [0.25, 0.3) is 0 Å². The van der Waals surface area contributed by atoms with E-state index in [0.29, 0.717) is 18.4 Å². The number of aliphatic hydroxyl groups is 1. The van der Waals surface area contributed by atoms with Crippen LogP contribution in [-0.4, -0.2) is 107 Å². The molecule has 5 aliphatic carbocycles. The Kier molecular flexibility index (Phi) is 4.81. The van der Waals surface area contributed by atoms with Gasteiger partial charge in [0.25, 0.3) is 0 Å². The van der Waals surface area contributed by atoms with E-state index in [1.54, 1.807) is 7.11 Å². The summed E-state index contributed by atoms with van der Waals surface area (Å²) < 4.78 is 38.3. The van der Waals surface area contributed by atoms with Crippen molar-refractivity contribution in [3.63, 3.8) is 0 Å². The lowest BCUT2D eigenvalue weighted by Crippen LogP contribution is -2.81. The Morgan fingerprint density at radius 1 is 1.09 bits per heavy atom. The molecule has 8 heteroatoms. The highest BCUT2D eigenvalue weighted by Gasteiger charge is 2.93. The zero-order valence-electron chi connectivity index (χ0n) is 21.2. The van der Waals surface area contributed by atoms with Gasteiger partial charge in [-0.15, -0.1) is 0 Å². The molecule has 13 atom stereocenters. The van der Waals surface area contributed by atoms with Gasteiger partial charge in [0.2, 0.25) is 0 Å². The van der Waals surface area contributed by atoms with E-state index < -0.39 is 17.3 Å². The molecule has 2 aliphatic heterocycles. The topological polar surface area (TPSA) is 78.9 Å². The van der Waals surface area contributed by atoms with Crippen molar-refractivity contribution in [2.45, 2.75) is 74.3 Å². The number of rotatable bonds is 6. The number of aliphatic hydroxyl groups excluding tert-OH is 1. The van der Waals surface area contributed by atoms with Crippen LogP contribution in [0.1, 0.15) is 32.6 Å². The Morgan fingerprint density at radius 2 is 1.91 bits per heavy atom. The number of ether oxygens (including phenoxy) is 6. The SMILES string of the molecule is CCN1C[C@]2(COC)CC[C@H](OC)[C@@]34C5C[C@H]6C(OC)C5[C@@]5(C[C@@H]6OC)OCO[C@@]5(C(O)C23)C14. The largest absolute Gasteiger partial charge is 0.390 e. The summed E-state index contributed by atoms with van der Waals surface area (Å²) in [7, 11) is 7.32. The van der Waals surface area contributed by atoms with Crippen LogP contribution in [0.2, 0.25) is 0 Å². The van der Waals surface area contributed by atoms with Crippen molar-refractivity contribution in [2.24, 2.45) is 34.5 Å². The predicted molar refractivity (Wildman–Crippen MR) is 121 cm³/mol. The van der Waals surface area contributed by atoms with Crippen LogP contribution in [0.3, 0.4) is 0 Å². The zero-order valence-corrected chi connectivity index (χ0v) is 21.2. The molecule has 7 fully saturated rings. The fraction of sp³-hybridized carbons (Fsp3) is 1.00. The van der Waals surface area contributed by atoms with Crippen LogP contribution in [0, 0.1) is 34.5 Å². The van der Waals surface area contributed by atoms with E-state index in [1.165, 1.54) is 0 Å². The second-order valence-corrected chi connectivity index (χ2v) is 12.2. The van der Waals surface area contributed by atoms with Gasteiger partial charge in [-0.25, -0.2) is 0 Å². The Balaban J connectivity index is 1.55. The summed E-state index contributed by atoms with van der Waals surface area (Å²) >= 11 is 0. The lowest BCUT2D eigenvalue weighted by molar-refractivity contribution is -0.287. The molecule has 192 valence electrons. The number of likely N-dealkylation sites (tertiary alicyclic amines) is 1. The predicted octanol–water partition coefficient (Wildman–Crippen LogP) is 1.29. The van der Waals surface area contributed by atoms with Gasteiger partial charge >= 0.3 is 0 Å². The second kappa shape index (κ2) is 7.16. The maximum atomic E-state index is 12.6. The summed E-state index contributed by atoms with van der Waals surface area (Å²) in [6.07, 6.45) is 3.20. The minimum Gasteiger partial charge on any atom is -0.390 e. The van der Waals surface area contributed by atoms with Crippen molar-refractivity contribution in [1.82, 2.24) is 4.90 Å². The third-order valence-electron chi connectivity index (χ3n) is 12.0. The van der Waals surface area contributed by atoms with E-state index in [9.17, 15) is 5.11 Å². The highest BCUT2D eigenvalue weighted by Crippen LogP contribution is 2.82. The van der Waals surface area contributed by atoms with Crippen LogP contribution >= 0.6 is 0 Å². The number of likely N-dealkylation sites (N-methyl/N-ethyl adjacent to an activating group) is 1. The molecule has 7 rings (SSSR count). The number of hydrogen-bond acceptors (Lipinski definition) is 8. The quantitative estimate of drug-likeness (QED) is 0.611. The van der Waals surface area contributed by atoms with Crippen molar-refractivity contribution in [3.05, 3.63) is 0 Å². The number of methoxy groups -OCH3 is 4. The molecule has 5 saturated carbocycles. The highest BCUT2D eigenvalue weighted by atomic mass is 16.7. The summed E-state index contributed by atoms with van der Waals surface area (Å²) in [5, 5.41) is 12.6. The molecule has 2 saturated heterocycles. The molecule has 0 radical (unpaired) electrons. The van der Waals surface area contributed by atoms with Crippen molar-refractivity contribution < 1.29 is 33.5 Å². The molecule has 34 heavy (non-hydrogen) atoms. The highest BCUT2D eigenvalue weighted by molar-refractivity contribution is 5.42. The number of hydrogen-bond donors (Lipinski definition) is 1. The van der Waals surface area contributed by atoms with Gasteiger partial charge in [0.05, 0.1) is 37.1 Å². The van der Waals surface area contributed by atoms with Crippen LogP contribution in [0.4, 0.5) is 0 Å². The summed E-state index contributed by atoms with van der Waals surface area (Å²) in [4.78, 5) is 2.61. The summed E-state index contributed by atoms with van der Waals surface area (Å²) in [6, 6.07) is 0.0378. The molecule has 0 aromatic rings. The normalized spacial score (nSPS) is 61.1. The molecule has 3 spiro atoms. The average Bonchev–Trinajstić information content (AvgIpc) is 3.42. The van der Waals surface area contributed by atoms with E-state index >= 15 is 0 Å². The molecule has 0 amide bonds. The molecule has 0 aromatic carbocycles. The molecule has 0 aromatic heterocycles. The first-order valence-electron chi connectivity index (χ1n) is 13.2. The third kappa shape index (κ3) is 2.05. The molecule has 1 N–H and O–H groups in total. The molecule has 8 nitrogen and oxygen atoms in total. The molecule has 7 bridgehead atoms. The van der Waals surface area contributed by atoms with Crippen LogP contribution in [0.15, 0.2) is 0 Å². The molecule has 2 heterocycles. The fourth-order valence-corrected chi connectivity index (χ4v) is 11.7. The van der Waals surface area contributed by atoms with E-state index in [0.717, 1.165) is 38.8 Å². The first-order valence-corrected chi connectivity index (χ1v) is 13.2. The van der Waals surface area contributed by atoms with Crippen LogP contribution in [-0.2, 0) is 28.4 Å². The maximum absolute atomic E-state index is 12.6. The fourth-order valence-electron chi connectivity index (χ4n) is 11.7. The lowest BCUT2D eigenvalue weighted by Gasteiger charge is -2.70. The Labute approximate surface area is 202 Å². The Bertz CT molecular complexity index is 859. The van der Waals surface area contributed by atoms with Gasteiger partial charge in [0.15, 0.2) is 0 Å². The van der Waals surface area contributed by atoms with E-state index in [2.05, 4.69) is 11.8 Å².